The summed E-state index contributed by atoms with van der Waals surface area (Å²) in [5, 5.41) is 11.0. The van der Waals surface area contributed by atoms with Crippen LogP contribution >= 0.6 is 0 Å². The average molecular weight is 234 g/mol. The molecular weight excluding hydrogens is 219 g/mol. The molecule has 17 heavy (non-hydrogen) atoms. The van der Waals surface area contributed by atoms with E-state index >= 15 is 0 Å². The van der Waals surface area contributed by atoms with Crippen LogP contribution in [0.4, 0.5) is 4.39 Å². The molecule has 0 spiro atoms. The topological polar surface area (TPSA) is 42.7 Å². The summed E-state index contributed by atoms with van der Waals surface area (Å²) in [6.07, 6.45) is 2.46. The van der Waals surface area contributed by atoms with Gasteiger partial charge in [0.15, 0.2) is 0 Å². The molecule has 0 aliphatic heterocycles. The molecule has 1 N–H and O–H groups in total. The van der Waals surface area contributed by atoms with Gasteiger partial charge in [-0.25, -0.2) is 4.39 Å². The van der Waals surface area contributed by atoms with Crippen LogP contribution in [0.25, 0.3) is 0 Å². The van der Waals surface area contributed by atoms with Gasteiger partial charge in [0.2, 0.25) is 0 Å². The van der Waals surface area contributed by atoms with Crippen molar-refractivity contribution in [2.45, 2.75) is 13.0 Å². The minimum atomic E-state index is -0.168. The van der Waals surface area contributed by atoms with Gasteiger partial charge in [0.1, 0.15) is 18.0 Å². The number of benzene rings is 1. The molecule has 0 atom stereocenters. The standard InChI is InChI=1S/C12H15FN4/c1-17-9-15-16-12(17)6-7-14-8-10-4-2-3-5-11(10)13/h2-5,9,14H,6-8H2,1H3. The minimum Gasteiger partial charge on any atom is -0.321 e. The highest BCUT2D eigenvalue weighted by Crippen LogP contribution is 2.05. The normalized spacial score (nSPS) is 10.7. The van der Waals surface area contributed by atoms with Crippen molar-refractivity contribution < 1.29 is 4.39 Å². The van der Waals surface area contributed by atoms with Gasteiger partial charge in [-0.15, -0.1) is 10.2 Å². The Kier molecular flexibility index (Phi) is 3.82. The second-order valence-corrected chi connectivity index (χ2v) is 3.88. The maximum atomic E-state index is 13.3. The van der Waals surface area contributed by atoms with Crippen LogP contribution in [0.5, 0.6) is 0 Å². The van der Waals surface area contributed by atoms with Gasteiger partial charge in [0.05, 0.1) is 0 Å². The molecule has 0 amide bonds. The molecule has 1 aromatic carbocycles. The second kappa shape index (κ2) is 5.54. The van der Waals surface area contributed by atoms with Crippen LogP contribution in [-0.2, 0) is 20.0 Å². The fourth-order valence-corrected chi connectivity index (χ4v) is 1.60. The van der Waals surface area contributed by atoms with Gasteiger partial charge in [0, 0.05) is 32.1 Å². The Morgan fingerprint density at radius 2 is 2.18 bits per heavy atom. The molecule has 0 radical (unpaired) electrons. The van der Waals surface area contributed by atoms with Crippen molar-refractivity contribution in [3.63, 3.8) is 0 Å². The molecule has 2 aromatic rings. The van der Waals surface area contributed by atoms with Crippen LogP contribution in [0.3, 0.4) is 0 Å². The zero-order chi connectivity index (χ0) is 12.1. The predicted molar refractivity (Wildman–Crippen MR) is 62.8 cm³/mol. The number of rotatable bonds is 5. The first-order valence-electron chi connectivity index (χ1n) is 5.54. The van der Waals surface area contributed by atoms with Crippen molar-refractivity contribution in [3.8, 4) is 0 Å². The molecule has 0 bridgehead atoms. The van der Waals surface area contributed by atoms with Gasteiger partial charge in [-0.05, 0) is 6.07 Å². The van der Waals surface area contributed by atoms with E-state index in [-0.39, 0.29) is 5.82 Å². The van der Waals surface area contributed by atoms with Crippen molar-refractivity contribution in [1.82, 2.24) is 20.1 Å². The van der Waals surface area contributed by atoms with Crippen molar-refractivity contribution >= 4 is 0 Å². The molecule has 0 aliphatic rings. The van der Waals surface area contributed by atoms with Gasteiger partial charge in [-0.2, -0.15) is 0 Å². The lowest BCUT2D eigenvalue weighted by molar-refractivity contribution is 0.584. The van der Waals surface area contributed by atoms with E-state index in [1.165, 1.54) is 6.07 Å². The van der Waals surface area contributed by atoms with Gasteiger partial charge in [-0.1, -0.05) is 18.2 Å². The Morgan fingerprint density at radius 1 is 1.35 bits per heavy atom. The maximum Gasteiger partial charge on any atom is 0.133 e. The molecule has 0 saturated heterocycles. The molecule has 0 aliphatic carbocycles. The van der Waals surface area contributed by atoms with Gasteiger partial charge >= 0.3 is 0 Å². The third-order valence-electron chi connectivity index (χ3n) is 2.60. The number of aryl methyl sites for hydroxylation is 1. The lowest BCUT2D eigenvalue weighted by Gasteiger charge is -2.05. The highest BCUT2D eigenvalue weighted by atomic mass is 19.1. The zero-order valence-electron chi connectivity index (χ0n) is 9.73. The molecule has 0 saturated carbocycles. The molecule has 1 heterocycles. The fourth-order valence-electron chi connectivity index (χ4n) is 1.60. The van der Waals surface area contributed by atoms with Crippen LogP contribution in [0.2, 0.25) is 0 Å². The fraction of sp³-hybridized carbons (Fsp3) is 0.333. The first-order chi connectivity index (χ1) is 8.27. The summed E-state index contributed by atoms with van der Waals surface area (Å²) >= 11 is 0. The number of nitrogens with one attached hydrogen (secondary N) is 1. The lowest BCUT2D eigenvalue weighted by Crippen LogP contribution is -2.18. The summed E-state index contributed by atoms with van der Waals surface area (Å²) < 4.78 is 15.2. The molecule has 5 heteroatoms. The summed E-state index contributed by atoms with van der Waals surface area (Å²) in [5.74, 6) is 0.754. The Morgan fingerprint density at radius 3 is 2.88 bits per heavy atom. The van der Waals surface area contributed by atoms with Crippen molar-refractivity contribution in [3.05, 3.63) is 47.8 Å². The maximum absolute atomic E-state index is 13.3. The van der Waals surface area contributed by atoms with Crippen LogP contribution in [0.1, 0.15) is 11.4 Å². The van der Waals surface area contributed by atoms with E-state index in [4.69, 9.17) is 0 Å². The van der Waals surface area contributed by atoms with E-state index in [0.717, 1.165) is 18.8 Å². The Hall–Kier alpha value is -1.75. The van der Waals surface area contributed by atoms with Crippen LogP contribution in [0.15, 0.2) is 30.6 Å². The molecule has 90 valence electrons. The summed E-state index contributed by atoms with van der Waals surface area (Å²) in [7, 11) is 1.91. The van der Waals surface area contributed by atoms with Crippen LogP contribution < -0.4 is 5.32 Å². The Balaban J connectivity index is 1.77. The molecule has 2 rings (SSSR count). The summed E-state index contributed by atoms with van der Waals surface area (Å²) in [4.78, 5) is 0. The number of hydrogen-bond donors (Lipinski definition) is 1. The van der Waals surface area contributed by atoms with Gasteiger partial charge < -0.3 is 9.88 Å². The summed E-state index contributed by atoms with van der Waals surface area (Å²) in [5.41, 5.74) is 0.686. The monoisotopic (exact) mass is 234 g/mol. The SMILES string of the molecule is Cn1cnnc1CCNCc1ccccc1F. The minimum absolute atomic E-state index is 0.168. The average Bonchev–Trinajstić information content (AvgIpc) is 2.73. The van der Waals surface area contributed by atoms with E-state index in [1.807, 2.05) is 17.7 Å². The first kappa shape index (κ1) is 11.7. The van der Waals surface area contributed by atoms with Crippen molar-refractivity contribution in [2.24, 2.45) is 7.05 Å². The summed E-state index contributed by atoms with van der Waals surface area (Å²) in [6.45, 7) is 1.28. The smallest absolute Gasteiger partial charge is 0.133 e. The quantitative estimate of drug-likeness (QED) is 0.793. The van der Waals surface area contributed by atoms with Crippen molar-refractivity contribution in [1.29, 1.82) is 0 Å². The summed E-state index contributed by atoms with van der Waals surface area (Å²) in [6, 6.07) is 6.78. The highest BCUT2D eigenvalue weighted by molar-refractivity contribution is 5.16. The third-order valence-corrected chi connectivity index (χ3v) is 2.60. The van der Waals surface area contributed by atoms with Crippen molar-refractivity contribution in [2.75, 3.05) is 6.54 Å². The van der Waals surface area contributed by atoms with Gasteiger partial charge in [0.25, 0.3) is 0 Å². The molecule has 4 nitrogen and oxygen atoms in total. The molecule has 0 unspecified atom stereocenters. The van der Waals surface area contributed by atoms with E-state index in [1.54, 1.807) is 18.5 Å². The lowest BCUT2D eigenvalue weighted by atomic mass is 10.2. The molecule has 0 fully saturated rings. The zero-order valence-corrected chi connectivity index (χ0v) is 9.73. The van der Waals surface area contributed by atoms with E-state index in [0.29, 0.717) is 12.1 Å². The Bertz CT molecular complexity index is 481. The third kappa shape index (κ3) is 3.10. The van der Waals surface area contributed by atoms with E-state index in [2.05, 4.69) is 15.5 Å². The molecule has 1 aromatic heterocycles. The number of hydrogen-bond acceptors (Lipinski definition) is 3. The largest absolute Gasteiger partial charge is 0.321 e. The van der Waals surface area contributed by atoms with E-state index in [9.17, 15) is 4.39 Å². The van der Waals surface area contributed by atoms with Gasteiger partial charge in [-0.3, -0.25) is 0 Å². The Labute approximate surface area is 99.5 Å². The second-order valence-electron chi connectivity index (χ2n) is 3.88. The molecular formula is C12H15FN4. The predicted octanol–water partition coefficient (Wildman–Crippen LogP) is 1.29. The highest BCUT2D eigenvalue weighted by Gasteiger charge is 2.01. The van der Waals surface area contributed by atoms with E-state index < -0.39 is 0 Å². The first-order valence-corrected chi connectivity index (χ1v) is 5.54. The number of halogens is 1. The number of aromatic nitrogens is 3. The number of nitrogens with zero attached hydrogens (tertiary/aromatic N) is 3. The van der Waals surface area contributed by atoms with Crippen LogP contribution in [0, 0.1) is 5.82 Å². The van der Waals surface area contributed by atoms with Crippen LogP contribution in [-0.4, -0.2) is 21.3 Å².